The van der Waals surface area contributed by atoms with Crippen LogP contribution in [0.4, 0.5) is 0 Å². The Morgan fingerprint density at radius 3 is 3.08 bits per heavy atom. The fourth-order valence-corrected chi connectivity index (χ4v) is 1.56. The molecular weight excluding hydrogens is 150 g/mol. The number of nitrogens with one attached hydrogen (secondary N) is 1. The molecule has 0 aromatic heterocycles. The van der Waals surface area contributed by atoms with Crippen molar-refractivity contribution >= 4 is 0 Å². The highest BCUT2D eigenvalue weighted by Crippen LogP contribution is 2.09. The van der Waals surface area contributed by atoms with E-state index in [0.29, 0.717) is 0 Å². The maximum Gasteiger partial charge on any atom is 0.0506 e. The Morgan fingerprint density at radius 2 is 2.42 bits per heavy atom. The fraction of sp³-hybridized carbons (Fsp3) is 1.00. The summed E-state index contributed by atoms with van der Waals surface area (Å²) in [4.78, 5) is 0. The van der Waals surface area contributed by atoms with Gasteiger partial charge in [0.05, 0.1) is 6.61 Å². The molecule has 0 bridgehead atoms. The van der Waals surface area contributed by atoms with Gasteiger partial charge >= 0.3 is 0 Å². The first kappa shape index (κ1) is 10.0. The maximum absolute atomic E-state index is 5.57. The number of ether oxygens (including phenoxy) is 1. The van der Waals surface area contributed by atoms with Gasteiger partial charge in [-0.3, -0.25) is 0 Å². The standard InChI is InChI=1S/C10H21NO/c1-2-3-7-12-9-10-5-4-6-11-8-10/h10-11H,2-9H2,1H3/t10-/m1/s1. The van der Waals surface area contributed by atoms with Gasteiger partial charge in [0.25, 0.3) is 0 Å². The van der Waals surface area contributed by atoms with Crippen LogP contribution in [0.1, 0.15) is 32.6 Å². The van der Waals surface area contributed by atoms with Crippen LogP contribution >= 0.6 is 0 Å². The summed E-state index contributed by atoms with van der Waals surface area (Å²) in [5.41, 5.74) is 0. The molecule has 0 aromatic carbocycles. The molecule has 12 heavy (non-hydrogen) atoms. The Hall–Kier alpha value is -0.0800. The van der Waals surface area contributed by atoms with Crippen molar-refractivity contribution in [2.24, 2.45) is 5.92 Å². The fourth-order valence-electron chi connectivity index (χ4n) is 1.56. The summed E-state index contributed by atoms with van der Waals surface area (Å²) in [6, 6.07) is 0. The second-order valence-corrected chi connectivity index (χ2v) is 3.64. The van der Waals surface area contributed by atoms with Gasteiger partial charge in [0.1, 0.15) is 0 Å². The molecular formula is C10H21NO. The van der Waals surface area contributed by atoms with Crippen LogP contribution in [-0.4, -0.2) is 26.3 Å². The quantitative estimate of drug-likeness (QED) is 0.637. The summed E-state index contributed by atoms with van der Waals surface area (Å²) >= 11 is 0. The zero-order valence-corrected chi connectivity index (χ0v) is 8.14. The summed E-state index contributed by atoms with van der Waals surface area (Å²) in [5, 5.41) is 3.40. The SMILES string of the molecule is CCCCOC[C@@H]1CCCNC1. The molecule has 72 valence electrons. The van der Waals surface area contributed by atoms with Crippen LogP contribution < -0.4 is 5.32 Å². The van der Waals surface area contributed by atoms with Crippen LogP contribution in [0.3, 0.4) is 0 Å². The Bertz CT molecular complexity index is 100. The van der Waals surface area contributed by atoms with Crippen LogP contribution in [0.5, 0.6) is 0 Å². The molecule has 2 nitrogen and oxygen atoms in total. The molecule has 1 fully saturated rings. The van der Waals surface area contributed by atoms with Gasteiger partial charge in [-0.1, -0.05) is 13.3 Å². The topological polar surface area (TPSA) is 21.3 Å². The predicted molar refractivity (Wildman–Crippen MR) is 51.3 cm³/mol. The van der Waals surface area contributed by atoms with E-state index in [9.17, 15) is 0 Å². The van der Waals surface area contributed by atoms with Crippen molar-refractivity contribution in [2.75, 3.05) is 26.3 Å². The molecule has 1 N–H and O–H groups in total. The summed E-state index contributed by atoms with van der Waals surface area (Å²) in [6.45, 7) is 6.48. The van der Waals surface area contributed by atoms with Gasteiger partial charge in [0.2, 0.25) is 0 Å². The Labute approximate surface area is 75.7 Å². The molecule has 0 aliphatic carbocycles. The molecule has 0 amide bonds. The van der Waals surface area contributed by atoms with E-state index in [1.807, 2.05) is 0 Å². The monoisotopic (exact) mass is 171 g/mol. The first-order valence-corrected chi connectivity index (χ1v) is 5.22. The van der Waals surface area contributed by atoms with E-state index in [4.69, 9.17) is 4.74 Å². The van der Waals surface area contributed by atoms with Gasteiger partial charge in [-0.15, -0.1) is 0 Å². The van der Waals surface area contributed by atoms with E-state index in [2.05, 4.69) is 12.2 Å². The minimum absolute atomic E-state index is 0.774. The number of hydrogen-bond donors (Lipinski definition) is 1. The zero-order chi connectivity index (χ0) is 8.65. The lowest BCUT2D eigenvalue weighted by Gasteiger charge is -2.22. The van der Waals surface area contributed by atoms with E-state index >= 15 is 0 Å². The lowest BCUT2D eigenvalue weighted by Crippen LogP contribution is -2.32. The van der Waals surface area contributed by atoms with Gasteiger partial charge in [-0.05, 0) is 31.7 Å². The number of hydrogen-bond acceptors (Lipinski definition) is 2. The highest BCUT2D eigenvalue weighted by molar-refractivity contribution is 4.67. The minimum Gasteiger partial charge on any atom is -0.381 e. The first-order valence-electron chi connectivity index (χ1n) is 5.22. The van der Waals surface area contributed by atoms with E-state index < -0.39 is 0 Å². The summed E-state index contributed by atoms with van der Waals surface area (Å²) in [5.74, 6) is 0.774. The van der Waals surface area contributed by atoms with Crippen LogP contribution in [0, 0.1) is 5.92 Å². The maximum atomic E-state index is 5.57. The van der Waals surface area contributed by atoms with Gasteiger partial charge in [0, 0.05) is 13.2 Å². The molecule has 1 saturated heterocycles. The van der Waals surface area contributed by atoms with Crippen LogP contribution in [0.15, 0.2) is 0 Å². The van der Waals surface area contributed by atoms with Gasteiger partial charge in [-0.2, -0.15) is 0 Å². The second kappa shape index (κ2) is 6.44. The molecule has 0 unspecified atom stereocenters. The van der Waals surface area contributed by atoms with Crippen LogP contribution in [0.25, 0.3) is 0 Å². The van der Waals surface area contributed by atoms with Crippen LogP contribution in [-0.2, 0) is 4.74 Å². The molecule has 0 aromatic rings. The Morgan fingerprint density at radius 1 is 1.50 bits per heavy atom. The largest absolute Gasteiger partial charge is 0.381 e. The normalized spacial score (nSPS) is 24.2. The summed E-state index contributed by atoms with van der Waals surface area (Å²) < 4.78 is 5.57. The van der Waals surface area contributed by atoms with Crippen molar-refractivity contribution in [3.8, 4) is 0 Å². The predicted octanol–water partition coefficient (Wildman–Crippen LogP) is 1.80. The second-order valence-electron chi connectivity index (χ2n) is 3.64. The molecule has 0 spiro atoms. The first-order chi connectivity index (χ1) is 5.93. The van der Waals surface area contributed by atoms with Crippen molar-refractivity contribution < 1.29 is 4.74 Å². The van der Waals surface area contributed by atoms with E-state index in [1.54, 1.807) is 0 Å². The molecule has 1 rings (SSSR count). The average molecular weight is 171 g/mol. The van der Waals surface area contributed by atoms with Gasteiger partial charge in [-0.25, -0.2) is 0 Å². The number of piperidine rings is 1. The van der Waals surface area contributed by atoms with E-state index in [0.717, 1.165) is 25.7 Å². The van der Waals surface area contributed by atoms with Gasteiger partial charge in [0.15, 0.2) is 0 Å². The molecule has 1 aliphatic heterocycles. The summed E-state index contributed by atoms with van der Waals surface area (Å²) in [6.07, 6.45) is 5.12. The minimum atomic E-state index is 0.774. The number of unbranched alkanes of at least 4 members (excludes halogenated alkanes) is 1. The molecule has 0 radical (unpaired) electrons. The molecule has 1 aliphatic rings. The van der Waals surface area contributed by atoms with Crippen LogP contribution in [0.2, 0.25) is 0 Å². The highest BCUT2D eigenvalue weighted by Gasteiger charge is 2.12. The van der Waals surface area contributed by atoms with Crippen molar-refractivity contribution in [1.82, 2.24) is 5.32 Å². The average Bonchev–Trinajstić information content (AvgIpc) is 2.14. The van der Waals surface area contributed by atoms with Crippen molar-refractivity contribution in [1.29, 1.82) is 0 Å². The Balaban J connectivity index is 1.91. The summed E-state index contributed by atoms with van der Waals surface area (Å²) in [7, 11) is 0. The third-order valence-electron chi connectivity index (χ3n) is 2.39. The highest BCUT2D eigenvalue weighted by atomic mass is 16.5. The molecule has 1 atom stereocenters. The van der Waals surface area contributed by atoms with Crippen molar-refractivity contribution in [3.05, 3.63) is 0 Å². The van der Waals surface area contributed by atoms with Crippen molar-refractivity contribution in [2.45, 2.75) is 32.6 Å². The van der Waals surface area contributed by atoms with Gasteiger partial charge < -0.3 is 10.1 Å². The Kier molecular flexibility index (Phi) is 5.37. The molecule has 1 heterocycles. The molecule has 0 saturated carbocycles. The lowest BCUT2D eigenvalue weighted by molar-refractivity contribution is 0.0878. The van der Waals surface area contributed by atoms with Crippen molar-refractivity contribution in [3.63, 3.8) is 0 Å². The number of rotatable bonds is 5. The molecule has 2 heteroatoms. The van der Waals surface area contributed by atoms with E-state index in [-0.39, 0.29) is 0 Å². The van der Waals surface area contributed by atoms with E-state index in [1.165, 1.54) is 32.2 Å². The zero-order valence-electron chi connectivity index (χ0n) is 8.14. The lowest BCUT2D eigenvalue weighted by atomic mass is 10.0. The third kappa shape index (κ3) is 4.07. The smallest absolute Gasteiger partial charge is 0.0506 e. The third-order valence-corrected chi connectivity index (χ3v) is 2.39.